The highest BCUT2D eigenvalue weighted by Crippen LogP contribution is 2.25. The number of amides is 2. The zero-order valence-corrected chi connectivity index (χ0v) is 15.5. The number of halogens is 1. The van der Waals surface area contributed by atoms with Gasteiger partial charge in [0.05, 0.1) is 0 Å². The van der Waals surface area contributed by atoms with Gasteiger partial charge in [0.15, 0.2) is 0 Å². The van der Waals surface area contributed by atoms with Gasteiger partial charge in [0.25, 0.3) is 5.91 Å². The van der Waals surface area contributed by atoms with Gasteiger partial charge in [-0.3, -0.25) is 9.59 Å². The van der Waals surface area contributed by atoms with Crippen molar-refractivity contribution in [3.8, 4) is 0 Å². The Hall–Kier alpha value is -1.59. The number of hydrogen-bond acceptors (Lipinski definition) is 3. The predicted molar refractivity (Wildman–Crippen MR) is 102 cm³/mol. The SMILES string of the molecule is CC(CC(=O)Nc1ccc(C(=O)NC2CC2)cc1)C1CCNCC1.Cl. The van der Waals surface area contributed by atoms with Crippen molar-refractivity contribution >= 4 is 29.9 Å². The minimum absolute atomic E-state index is 0. The molecule has 0 bridgehead atoms. The molecular weight excluding hydrogens is 338 g/mol. The van der Waals surface area contributed by atoms with Gasteiger partial charge in [0.1, 0.15) is 0 Å². The molecule has 5 nitrogen and oxygen atoms in total. The van der Waals surface area contributed by atoms with Crippen LogP contribution in [-0.4, -0.2) is 30.9 Å². The smallest absolute Gasteiger partial charge is 0.251 e. The molecule has 1 saturated heterocycles. The molecule has 1 aliphatic carbocycles. The van der Waals surface area contributed by atoms with E-state index in [-0.39, 0.29) is 24.2 Å². The van der Waals surface area contributed by atoms with Crippen LogP contribution in [0.2, 0.25) is 0 Å². The summed E-state index contributed by atoms with van der Waals surface area (Å²) in [7, 11) is 0. The van der Waals surface area contributed by atoms with E-state index in [9.17, 15) is 9.59 Å². The molecule has 3 N–H and O–H groups in total. The summed E-state index contributed by atoms with van der Waals surface area (Å²) in [6, 6.07) is 7.49. The standard InChI is InChI=1S/C19H27N3O2.ClH/c1-13(14-8-10-20-11-9-14)12-18(23)21-16-4-2-15(3-5-16)19(24)22-17-6-7-17;/h2-5,13-14,17,20H,6-12H2,1H3,(H,21,23)(H,22,24);1H. The second-order valence-corrected chi connectivity index (χ2v) is 7.14. The van der Waals surface area contributed by atoms with Crippen LogP contribution in [0.4, 0.5) is 5.69 Å². The van der Waals surface area contributed by atoms with Gasteiger partial charge in [-0.25, -0.2) is 0 Å². The zero-order valence-electron chi connectivity index (χ0n) is 14.7. The first-order valence-electron chi connectivity index (χ1n) is 9.03. The number of piperidine rings is 1. The van der Waals surface area contributed by atoms with E-state index in [1.165, 1.54) is 0 Å². The van der Waals surface area contributed by atoms with Gasteiger partial charge in [-0.1, -0.05) is 6.92 Å². The highest BCUT2D eigenvalue weighted by molar-refractivity contribution is 5.96. The molecule has 1 saturated carbocycles. The second kappa shape index (κ2) is 9.20. The van der Waals surface area contributed by atoms with Gasteiger partial charge in [0, 0.05) is 23.7 Å². The van der Waals surface area contributed by atoms with Crippen LogP contribution in [0, 0.1) is 11.8 Å². The minimum Gasteiger partial charge on any atom is -0.349 e. The van der Waals surface area contributed by atoms with E-state index < -0.39 is 0 Å². The van der Waals surface area contributed by atoms with Crippen molar-refractivity contribution in [1.82, 2.24) is 10.6 Å². The highest BCUT2D eigenvalue weighted by atomic mass is 35.5. The van der Waals surface area contributed by atoms with E-state index >= 15 is 0 Å². The van der Waals surface area contributed by atoms with Crippen LogP contribution >= 0.6 is 12.4 Å². The first-order valence-corrected chi connectivity index (χ1v) is 9.03. The lowest BCUT2D eigenvalue weighted by Crippen LogP contribution is -2.32. The molecule has 1 aliphatic heterocycles. The number of hydrogen-bond donors (Lipinski definition) is 3. The molecule has 2 aliphatic rings. The van der Waals surface area contributed by atoms with Crippen molar-refractivity contribution in [2.75, 3.05) is 18.4 Å². The van der Waals surface area contributed by atoms with Crippen LogP contribution in [0.1, 0.15) is 49.4 Å². The summed E-state index contributed by atoms with van der Waals surface area (Å²) >= 11 is 0. The third-order valence-electron chi connectivity index (χ3n) is 5.04. The number of nitrogens with one attached hydrogen (secondary N) is 3. The van der Waals surface area contributed by atoms with Gasteiger partial charge < -0.3 is 16.0 Å². The minimum atomic E-state index is -0.0325. The largest absolute Gasteiger partial charge is 0.349 e. The maximum Gasteiger partial charge on any atom is 0.251 e. The molecule has 0 radical (unpaired) electrons. The summed E-state index contributed by atoms with van der Waals surface area (Å²) in [5, 5.41) is 9.27. The van der Waals surface area contributed by atoms with Gasteiger partial charge in [-0.15, -0.1) is 12.4 Å². The zero-order chi connectivity index (χ0) is 16.9. The Morgan fingerprint density at radius 1 is 1.12 bits per heavy atom. The van der Waals surface area contributed by atoms with Gasteiger partial charge in [-0.2, -0.15) is 0 Å². The van der Waals surface area contributed by atoms with Crippen LogP contribution in [0.25, 0.3) is 0 Å². The van der Waals surface area contributed by atoms with Crippen LogP contribution < -0.4 is 16.0 Å². The van der Waals surface area contributed by atoms with Crippen LogP contribution in [0.5, 0.6) is 0 Å². The third kappa shape index (κ3) is 6.01. The molecule has 6 heteroatoms. The normalized spacial score (nSPS) is 18.8. The average Bonchev–Trinajstić information content (AvgIpc) is 3.40. The molecule has 1 unspecified atom stereocenters. The Kier molecular flexibility index (Phi) is 7.26. The molecule has 2 fully saturated rings. The molecular formula is C19H28ClN3O2. The quantitative estimate of drug-likeness (QED) is 0.725. The molecule has 2 amide bonds. The van der Waals surface area contributed by atoms with Gasteiger partial charge in [0.2, 0.25) is 5.91 Å². The third-order valence-corrected chi connectivity index (χ3v) is 5.04. The van der Waals surface area contributed by atoms with Gasteiger partial charge in [-0.05, 0) is 74.9 Å². The molecule has 25 heavy (non-hydrogen) atoms. The second-order valence-electron chi connectivity index (χ2n) is 7.14. The Labute approximate surface area is 155 Å². The maximum absolute atomic E-state index is 12.2. The number of rotatable bonds is 6. The highest BCUT2D eigenvalue weighted by Gasteiger charge is 2.24. The average molecular weight is 366 g/mol. The summed E-state index contributed by atoms with van der Waals surface area (Å²) < 4.78 is 0. The first-order chi connectivity index (χ1) is 11.6. The Morgan fingerprint density at radius 3 is 2.36 bits per heavy atom. The van der Waals surface area contributed by atoms with E-state index in [1.54, 1.807) is 24.3 Å². The fourth-order valence-corrected chi connectivity index (χ4v) is 3.29. The number of anilines is 1. The van der Waals surface area contributed by atoms with Crippen molar-refractivity contribution in [3.63, 3.8) is 0 Å². The number of carbonyl (C=O) groups excluding carboxylic acids is 2. The molecule has 3 rings (SSSR count). The van der Waals surface area contributed by atoms with Crippen molar-refractivity contribution in [2.45, 2.75) is 45.1 Å². The van der Waals surface area contributed by atoms with E-state index in [4.69, 9.17) is 0 Å². The van der Waals surface area contributed by atoms with Crippen LogP contribution in [0.3, 0.4) is 0 Å². The predicted octanol–water partition coefficient (Wildman–Crippen LogP) is 2.96. The maximum atomic E-state index is 12.2. The number of carbonyl (C=O) groups is 2. The fraction of sp³-hybridized carbons (Fsp3) is 0.579. The lowest BCUT2D eigenvalue weighted by molar-refractivity contribution is -0.117. The van der Waals surface area contributed by atoms with Crippen molar-refractivity contribution in [2.24, 2.45) is 11.8 Å². The van der Waals surface area contributed by atoms with Crippen molar-refractivity contribution in [1.29, 1.82) is 0 Å². The summed E-state index contributed by atoms with van der Waals surface area (Å²) in [6.07, 6.45) is 5.01. The molecule has 1 aromatic rings. The van der Waals surface area contributed by atoms with E-state index in [0.717, 1.165) is 44.5 Å². The fourth-order valence-electron chi connectivity index (χ4n) is 3.29. The van der Waals surface area contributed by atoms with Gasteiger partial charge >= 0.3 is 0 Å². The Morgan fingerprint density at radius 2 is 1.76 bits per heavy atom. The summed E-state index contributed by atoms with van der Waals surface area (Å²) in [6.45, 7) is 4.28. The lowest BCUT2D eigenvalue weighted by atomic mass is 9.84. The molecule has 138 valence electrons. The first kappa shape index (κ1) is 19.7. The monoisotopic (exact) mass is 365 g/mol. The molecule has 0 aromatic heterocycles. The van der Waals surface area contributed by atoms with E-state index in [0.29, 0.717) is 29.9 Å². The topological polar surface area (TPSA) is 70.2 Å². The van der Waals surface area contributed by atoms with Crippen molar-refractivity contribution in [3.05, 3.63) is 29.8 Å². The lowest BCUT2D eigenvalue weighted by Gasteiger charge is -2.27. The molecule has 1 aromatic carbocycles. The molecule has 0 spiro atoms. The van der Waals surface area contributed by atoms with Crippen LogP contribution in [0.15, 0.2) is 24.3 Å². The van der Waals surface area contributed by atoms with E-state index in [2.05, 4.69) is 22.9 Å². The van der Waals surface area contributed by atoms with Crippen molar-refractivity contribution < 1.29 is 9.59 Å². The van der Waals surface area contributed by atoms with E-state index in [1.807, 2.05) is 0 Å². The summed E-state index contributed by atoms with van der Waals surface area (Å²) in [5.41, 5.74) is 1.39. The summed E-state index contributed by atoms with van der Waals surface area (Å²) in [5.74, 6) is 1.05. The Bertz CT molecular complexity index is 581. The molecule has 1 heterocycles. The van der Waals surface area contributed by atoms with Crippen LogP contribution in [-0.2, 0) is 4.79 Å². The molecule has 1 atom stereocenters. The summed E-state index contributed by atoms with van der Waals surface area (Å²) in [4.78, 5) is 24.2. The Balaban J connectivity index is 0.00000225. The number of benzene rings is 1.